The Morgan fingerprint density at radius 2 is 1.55 bits per heavy atom. The van der Waals surface area contributed by atoms with E-state index >= 15 is 0 Å². The van der Waals surface area contributed by atoms with E-state index in [1.54, 1.807) is 31.4 Å². The second-order valence-electron chi connectivity index (χ2n) is 6.91. The molecular weight excluding hydrogens is 381 g/mol. The van der Waals surface area contributed by atoms with E-state index < -0.39 is 12.0 Å². The number of methoxy groups -OCH3 is 1. The Bertz CT molecular complexity index is 991. The van der Waals surface area contributed by atoms with Gasteiger partial charge in [0.1, 0.15) is 11.6 Å². The molecule has 1 aliphatic rings. The monoisotopic (exact) mass is 402 g/mol. The molecule has 2 aromatic carbocycles. The molecule has 0 atom stereocenters. The standard InChI is InChI=1S/C21H21F3N4O/c1-29-16-9-7-15(8-10-16)27-11-4-12-28(14-13-27)19-17-5-2-3-6-18(17)25-20(26-19)21(22,23)24/h2-3,5-10H,4,11-14H2,1H3. The van der Waals surface area contributed by atoms with E-state index in [1.807, 2.05) is 29.2 Å². The summed E-state index contributed by atoms with van der Waals surface area (Å²) in [6.07, 6.45) is -3.77. The topological polar surface area (TPSA) is 41.5 Å². The number of rotatable bonds is 3. The van der Waals surface area contributed by atoms with Gasteiger partial charge in [-0.1, -0.05) is 12.1 Å². The molecule has 3 aromatic rings. The smallest absolute Gasteiger partial charge is 0.451 e. The third-order valence-corrected chi connectivity index (χ3v) is 5.07. The van der Waals surface area contributed by atoms with Gasteiger partial charge in [-0.2, -0.15) is 13.2 Å². The lowest BCUT2D eigenvalue weighted by molar-refractivity contribution is -0.144. The van der Waals surface area contributed by atoms with E-state index in [-0.39, 0.29) is 0 Å². The van der Waals surface area contributed by atoms with E-state index in [9.17, 15) is 13.2 Å². The van der Waals surface area contributed by atoms with Crippen LogP contribution in [-0.4, -0.2) is 43.3 Å². The summed E-state index contributed by atoms with van der Waals surface area (Å²) in [5.41, 5.74) is 1.37. The maximum absolute atomic E-state index is 13.3. The highest BCUT2D eigenvalue weighted by atomic mass is 19.4. The largest absolute Gasteiger partial charge is 0.497 e. The Labute approximate surface area is 166 Å². The van der Waals surface area contributed by atoms with Gasteiger partial charge in [0.2, 0.25) is 5.82 Å². The van der Waals surface area contributed by atoms with Gasteiger partial charge >= 0.3 is 6.18 Å². The molecular formula is C21H21F3N4O. The SMILES string of the molecule is COc1ccc(N2CCCN(c3nc(C(F)(F)F)nc4ccccc34)CC2)cc1. The third kappa shape index (κ3) is 4.06. The fourth-order valence-electron chi connectivity index (χ4n) is 3.61. The molecule has 1 fully saturated rings. The second-order valence-corrected chi connectivity index (χ2v) is 6.91. The number of aromatic nitrogens is 2. The molecule has 0 saturated carbocycles. The van der Waals surface area contributed by atoms with Crippen LogP contribution in [0.3, 0.4) is 0 Å². The minimum atomic E-state index is -4.58. The number of nitrogens with zero attached hydrogens (tertiary/aromatic N) is 4. The van der Waals surface area contributed by atoms with E-state index in [2.05, 4.69) is 14.9 Å². The predicted molar refractivity (Wildman–Crippen MR) is 107 cm³/mol. The molecule has 1 saturated heterocycles. The van der Waals surface area contributed by atoms with E-state index in [0.717, 1.165) is 24.4 Å². The summed E-state index contributed by atoms with van der Waals surface area (Å²) >= 11 is 0. The predicted octanol–water partition coefficient (Wildman–Crippen LogP) is 4.37. The Hall–Kier alpha value is -3.03. The fourth-order valence-corrected chi connectivity index (χ4v) is 3.61. The van der Waals surface area contributed by atoms with Crippen LogP contribution in [0, 0.1) is 0 Å². The highest BCUT2D eigenvalue weighted by Crippen LogP contribution is 2.32. The minimum Gasteiger partial charge on any atom is -0.497 e. The van der Waals surface area contributed by atoms with Gasteiger partial charge in [-0.3, -0.25) is 0 Å². The zero-order valence-corrected chi connectivity index (χ0v) is 16.0. The zero-order valence-electron chi connectivity index (χ0n) is 16.0. The van der Waals surface area contributed by atoms with Gasteiger partial charge in [-0.25, -0.2) is 9.97 Å². The zero-order chi connectivity index (χ0) is 20.4. The summed E-state index contributed by atoms with van der Waals surface area (Å²) in [4.78, 5) is 11.8. The molecule has 4 rings (SSSR count). The Morgan fingerprint density at radius 3 is 2.28 bits per heavy atom. The summed E-state index contributed by atoms with van der Waals surface area (Å²) in [6.45, 7) is 2.71. The van der Waals surface area contributed by atoms with Crippen molar-refractivity contribution in [3.8, 4) is 5.75 Å². The van der Waals surface area contributed by atoms with Crippen molar-refractivity contribution >= 4 is 22.4 Å². The number of hydrogen-bond acceptors (Lipinski definition) is 5. The van der Waals surface area contributed by atoms with Crippen LogP contribution in [-0.2, 0) is 6.18 Å². The maximum atomic E-state index is 13.3. The highest BCUT2D eigenvalue weighted by Gasteiger charge is 2.36. The summed E-state index contributed by atoms with van der Waals surface area (Å²) in [5.74, 6) is 0.0410. The molecule has 2 heterocycles. The number of benzene rings is 2. The minimum absolute atomic E-state index is 0.307. The van der Waals surface area contributed by atoms with Crippen LogP contribution in [0.2, 0.25) is 0 Å². The number of alkyl halides is 3. The first-order chi connectivity index (χ1) is 14.0. The van der Waals surface area contributed by atoms with Crippen LogP contribution in [0.15, 0.2) is 48.5 Å². The van der Waals surface area contributed by atoms with Crippen LogP contribution in [0.4, 0.5) is 24.7 Å². The van der Waals surface area contributed by atoms with E-state index in [4.69, 9.17) is 4.74 Å². The van der Waals surface area contributed by atoms with Crippen LogP contribution >= 0.6 is 0 Å². The molecule has 29 heavy (non-hydrogen) atoms. The van der Waals surface area contributed by atoms with Crippen LogP contribution in [0.5, 0.6) is 5.75 Å². The molecule has 152 valence electrons. The average molecular weight is 402 g/mol. The summed E-state index contributed by atoms with van der Waals surface area (Å²) in [6, 6.07) is 14.7. The molecule has 1 aromatic heterocycles. The fraction of sp³-hybridized carbons (Fsp3) is 0.333. The molecule has 0 radical (unpaired) electrons. The first kappa shape index (κ1) is 19.3. The van der Waals surface area contributed by atoms with Crippen molar-refractivity contribution in [1.82, 2.24) is 9.97 Å². The quantitative estimate of drug-likeness (QED) is 0.651. The number of fused-ring (bicyclic) bond motifs is 1. The van der Waals surface area contributed by atoms with Crippen molar-refractivity contribution in [2.45, 2.75) is 12.6 Å². The molecule has 0 amide bonds. The maximum Gasteiger partial charge on any atom is 0.451 e. The van der Waals surface area contributed by atoms with Gasteiger partial charge in [-0.15, -0.1) is 0 Å². The van der Waals surface area contributed by atoms with Crippen LogP contribution < -0.4 is 14.5 Å². The van der Waals surface area contributed by atoms with Crippen molar-refractivity contribution in [2.75, 3.05) is 43.1 Å². The lowest BCUT2D eigenvalue weighted by Gasteiger charge is -2.25. The van der Waals surface area contributed by atoms with Crippen molar-refractivity contribution in [2.24, 2.45) is 0 Å². The molecule has 0 aliphatic carbocycles. The average Bonchev–Trinajstić information content (AvgIpc) is 2.98. The van der Waals surface area contributed by atoms with E-state index in [1.165, 1.54) is 0 Å². The van der Waals surface area contributed by atoms with Crippen molar-refractivity contribution in [3.63, 3.8) is 0 Å². The second kappa shape index (κ2) is 7.77. The van der Waals surface area contributed by atoms with Gasteiger partial charge < -0.3 is 14.5 Å². The van der Waals surface area contributed by atoms with Gasteiger partial charge in [0.15, 0.2) is 0 Å². The molecule has 5 nitrogen and oxygen atoms in total. The highest BCUT2D eigenvalue weighted by molar-refractivity contribution is 5.89. The number of para-hydroxylation sites is 1. The van der Waals surface area contributed by atoms with Crippen molar-refractivity contribution in [1.29, 1.82) is 0 Å². The first-order valence-electron chi connectivity index (χ1n) is 9.43. The Balaban J connectivity index is 1.62. The molecule has 0 unspecified atom stereocenters. The molecule has 0 N–H and O–H groups in total. The Morgan fingerprint density at radius 1 is 0.862 bits per heavy atom. The van der Waals surface area contributed by atoms with Crippen molar-refractivity contribution < 1.29 is 17.9 Å². The van der Waals surface area contributed by atoms with E-state index in [0.29, 0.717) is 36.4 Å². The van der Waals surface area contributed by atoms with Gasteiger partial charge in [0.05, 0.1) is 12.6 Å². The molecule has 8 heteroatoms. The molecule has 0 bridgehead atoms. The van der Waals surface area contributed by atoms with Gasteiger partial charge in [-0.05, 0) is 42.8 Å². The van der Waals surface area contributed by atoms with Crippen LogP contribution in [0.1, 0.15) is 12.2 Å². The number of anilines is 2. The number of ether oxygens (including phenoxy) is 1. The number of halogens is 3. The van der Waals surface area contributed by atoms with Gasteiger partial charge in [0.25, 0.3) is 0 Å². The Kier molecular flexibility index (Phi) is 5.17. The van der Waals surface area contributed by atoms with Crippen molar-refractivity contribution in [3.05, 3.63) is 54.4 Å². The lowest BCUT2D eigenvalue weighted by atomic mass is 10.2. The van der Waals surface area contributed by atoms with Gasteiger partial charge in [0, 0.05) is 37.3 Å². The van der Waals surface area contributed by atoms with Crippen LogP contribution in [0.25, 0.3) is 10.9 Å². The number of hydrogen-bond donors (Lipinski definition) is 0. The third-order valence-electron chi connectivity index (χ3n) is 5.07. The molecule has 0 spiro atoms. The summed E-state index contributed by atoms with van der Waals surface area (Å²) in [5, 5.41) is 0.637. The normalized spacial score (nSPS) is 15.4. The molecule has 1 aliphatic heterocycles. The first-order valence-corrected chi connectivity index (χ1v) is 9.43. The summed E-state index contributed by atoms with van der Waals surface area (Å²) < 4.78 is 45.2. The lowest BCUT2D eigenvalue weighted by Crippen LogP contribution is -2.31. The summed E-state index contributed by atoms with van der Waals surface area (Å²) in [7, 11) is 1.63.